The van der Waals surface area contributed by atoms with Crippen LogP contribution in [0.2, 0.25) is 0 Å². The van der Waals surface area contributed by atoms with Crippen LogP contribution in [0.25, 0.3) is 16.6 Å². The van der Waals surface area contributed by atoms with E-state index >= 15 is 0 Å². The number of imidazole rings is 1. The number of rotatable bonds is 5. The van der Waals surface area contributed by atoms with Gasteiger partial charge in [-0.25, -0.2) is 9.37 Å². The van der Waals surface area contributed by atoms with E-state index in [-0.39, 0.29) is 11.7 Å². The molecule has 1 amide bonds. The summed E-state index contributed by atoms with van der Waals surface area (Å²) in [4.78, 5) is 19.8. The Bertz CT molecular complexity index is 1050. The first-order chi connectivity index (χ1) is 12.2. The van der Waals surface area contributed by atoms with Crippen molar-refractivity contribution in [3.05, 3.63) is 72.1 Å². The van der Waals surface area contributed by atoms with Crippen molar-refractivity contribution in [2.45, 2.75) is 12.8 Å². The van der Waals surface area contributed by atoms with Crippen LogP contribution in [0.4, 0.5) is 4.39 Å². The van der Waals surface area contributed by atoms with E-state index in [1.807, 2.05) is 40.9 Å². The highest BCUT2D eigenvalue weighted by Crippen LogP contribution is 2.14. The van der Waals surface area contributed by atoms with Crippen LogP contribution in [0.3, 0.4) is 0 Å². The molecule has 126 valence electrons. The van der Waals surface area contributed by atoms with E-state index in [1.54, 1.807) is 6.07 Å². The molecular formula is C19H17FN4O. The van der Waals surface area contributed by atoms with Crippen LogP contribution in [-0.4, -0.2) is 26.8 Å². The van der Waals surface area contributed by atoms with Crippen molar-refractivity contribution in [2.24, 2.45) is 0 Å². The number of carbonyl (C=O) groups excluding carboxylic acids is 1. The van der Waals surface area contributed by atoms with Crippen LogP contribution >= 0.6 is 0 Å². The van der Waals surface area contributed by atoms with Crippen LogP contribution in [0.15, 0.2) is 54.7 Å². The minimum Gasteiger partial charge on any atom is -0.351 e. The SMILES string of the molecule is O=C(NCCCc1nc2ccc(F)cc2[nH]1)c1ccc2ccccn12. The van der Waals surface area contributed by atoms with Crippen molar-refractivity contribution in [3.8, 4) is 0 Å². The van der Waals surface area contributed by atoms with E-state index in [4.69, 9.17) is 0 Å². The maximum absolute atomic E-state index is 13.2. The molecule has 0 spiro atoms. The zero-order chi connectivity index (χ0) is 17.2. The third-order valence-electron chi connectivity index (χ3n) is 4.16. The first kappa shape index (κ1) is 15.4. The van der Waals surface area contributed by atoms with E-state index in [9.17, 15) is 9.18 Å². The number of carbonyl (C=O) groups is 1. The summed E-state index contributed by atoms with van der Waals surface area (Å²) in [5.74, 6) is 0.412. The molecule has 4 rings (SSSR count). The van der Waals surface area contributed by atoms with Gasteiger partial charge in [-0.3, -0.25) is 4.79 Å². The lowest BCUT2D eigenvalue weighted by Crippen LogP contribution is -2.26. The number of amides is 1. The summed E-state index contributed by atoms with van der Waals surface area (Å²) in [6, 6.07) is 14.0. The highest BCUT2D eigenvalue weighted by atomic mass is 19.1. The fourth-order valence-electron chi connectivity index (χ4n) is 2.94. The lowest BCUT2D eigenvalue weighted by Gasteiger charge is -2.05. The van der Waals surface area contributed by atoms with E-state index < -0.39 is 0 Å². The van der Waals surface area contributed by atoms with Gasteiger partial charge in [-0.05, 0) is 48.9 Å². The van der Waals surface area contributed by atoms with Gasteiger partial charge in [0.15, 0.2) is 0 Å². The summed E-state index contributed by atoms with van der Waals surface area (Å²) in [6.45, 7) is 0.546. The zero-order valence-electron chi connectivity index (χ0n) is 13.5. The Morgan fingerprint density at radius 1 is 1.20 bits per heavy atom. The van der Waals surface area contributed by atoms with Crippen LogP contribution in [-0.2, 0) is 6.42 Å². The molecule has 2 N–H and O–H groups in total. The Balaban J connectivity index is 1.35. The van der Waals surface area contributed by atoms with Gasteiger partial charge in [0.1, 0.15) is 17.3 Å². The van der Waals surface area contributed by atoms with Gasteiger partial charge in [0.25, 0.3) is 5.91 Å². The predicted octanol–water partition coefficient (Wildman–Crippen LogP) is 3.32. The largest absolute Gasteiger partial charge is 0.351 e. The number of benzene rings is 1. The normalized spacial score (nSPS) is 11.2. The number of nitrogens with zero attached hydrogens (tertiary/aromatic N) is 2. The maximum Gasteiger partial charge on any atom is 0.268 e. The summed E-state index contributed by atoms with van der Waals surface area (Å²) < 4.78 is 15.1. The fraction of sp³-hybridized carbons (Fsp3) is 0.158. The van der Waals surface area contributed by atoms with Crippen LogP contribution in [0, 0.1) is 5.82 Å². The summed E-state index contributed by atoms with van der Waals surface area (Å²) in [5.41, 5.74) is 3.05. The average molecular weight is 336 g/mol. The zero-order valence-corrected chi connectivity index (χ0v) is 13.5. The number of fused-ring (bicyclic) bond motifs is 2. The number of aromatic nitrogens is 3. The number of H-pyrrole nitrogens is 1. The molecule has 0 aliphatic rings. The van der Waals surface area contributed by atoms with E-state index in [1.165, 1.54) is 12.1 Å². The quantitative estimate of drug-likeness (QED) is 0.549. The molecule has 0 saturated carbocycles. The Hall–Kier alpha value is -3.15. The van der Waals surface area contributed by atoms with Gasteiger partial charge in [-0.2, -0.15) is 0 Å². The molecule has 4 aromatic rings. The molecule has 1 aromatic carbocycles. The van der Waals surface area contributed by atoms with Gasteiger partial charge >= 0.3 is 0 Å². The molecule has 0 atom stereocenters. The molecule has 25 heavy (non-hydrogen) atoms. The number of nitrogens with one attached hydrogen (secondary N) is 2. The average Bonchev–Trinajstić information content (AvgIpc) is 3.21. The molecule has 0 bridgehead atoms. The second-order valence-corrected chi connectivity index (χ2v) is 5.92. The van der Waals surface area contributed by atoms with Crippen molar-refractivity contribution in [1.82, 2.24) is 19.7 Å². The van der Waals surface area contributed by atoms with E-state index in [0.29, 0.717) is 24.2 Å². The first-order valence-electron chi connectivity index (χ1n) is 8.19. The molecule has 0 unspecified atom stereocenters. The second kappa shape index (κ2) is 6.39. The summed E-state index contributed by atoms with van der Waals surface area (Å²) in [6.07, 6.45) is 3.31. The summed E-state index contributed by atoms with van der Waals surface area (Å²) in [5, 5.41) is 2.93. The number of hydrogen-bond acceptors (Lipinski definition) is 2. The molecule has 3 aromatic heterocycles. The molecule has 0 radical (unpaired) electrons. The predicted molar refractivity (Wildman–Crippen MR) is 94.1 cm³/mol. The summed E-state index contributed by atoms with van der Waals surface area (Å²) >= 11 is 0. The van der Waals surface area contributed by atoms with Crippen molar-refractivity contribution in [2.75, 3.05) is 6.54 Å². The summed E-state index contributed by atoms with van der Waals surface area (Å²) in [7, 11) is 0. The number of aryl methyl sites for hydroxylation is 1. The molecule has 0 fully saturated rings. The van der Waals surface area contributed by atoms with Crippen molar-refractivity contribution < 1.29 is 9.18 Å². The Morgan fingerprint density at radius 2 is 2.12 bits per heavy atom. The number of halogens is 1. The van der Waals surface area contributed by atoms with Crippen LogP contribution in [0.5, 0.6) is 0 Å². The third-order valence-corrected chi connectivity index (χ3v) is 4.16. The lowest BCUT2D eigenvalue weighted by molar-refractivity contribution is 0.0947. The van der Waals surface area contributed by atoms with Gasteiger partial charge in [0, 0.05) is 24.7 Å². The second-order valence-electron chi connectivity index (χ2n) is 5.92. The van der Waals surface area contributed by atoms with Gasteiger partial charge in [-0.15, -0.1) is 0 Å². The molecule has 3 heterocycles. The fourth-order valence-corrected chi connectivity index (χ4v) is 2.94. The molecule has 0 aliphatic carbocycles. The number of pyridine rings is 1. The van der Waals surface area contributed by atoms with E-state index in [0.717, 1.165) is 23.3 Å². The van der Waals surface area contributed by atoms with Gasteiger partial charge in [-0.1, -0.05) is 6.07 Å². The van der Waals surface area contributed by atoms with E-state index in [2.05, 4.69) is 15.3 Å². The number of hydrogen-bond donors (Lipinski definition) is 2. The highest BCUT2D eigenvalue weighted by Gasteiger charge is 2.10. The molecular weight excluding hydrogens is 319 g/mol. The van der Waals surface area contributed by atoms with Crippen molar-refractivity contribution >= 4 is 22.5 Å². The Morgan fingerprint density at radius 3 is 3.04 bits per heavy atom. The first-order valence-corrected chi connectivity index (χ1v) is 8.19. The van der Waals surface area contributed by atoms with Crippen molar-refractivity contribution in [3.63, 3.8) is 0 Å². The molecule has 5 nitrogen and oxygen atoms in total. The Labute approximate surface area is 143 Å². The monoisotopic (exact) mass is 336 g/mol. The topological polar surface area (TPSA) is 62.2 Å². The van der Waals surface area contributed by atoms with Crippen LogP contribution < -0.4 is 5.32 Å². The smallest absolute Gasteiger partial charge is 0.268 e. The van der Waals surface area contributed by atoms with Gasteiger partial charge in [0.05, 0.1) is 11.0 Å². The van der Waals surface area contributed by atoms with Gasteiger partial charge < -0.3 is 14.7 Å². The lowest BCUT2D eigenvalue weighted by atomic mass is 10.3. The minimum atomic E-state index is -0.283. The molecule has 0 aliphatic heterocycles. The molecule has 0 saturated heterocycles. The maximum atomic E-state index is 13.2. The molecule has 6 heteroatoms. The standard InChI is InChI=1S/C19H17FN4O/c20-13-6-8-15-16(12-13)23-18(22-15)5-3-10-21-19(25)17-9-7-14-4-1-2-11-24(14)17/h1-2,4,6-9,11-12H,3,5,10H2,(H,21,25)(H,22,23). The van der Waals surface area contributed by atoms with Gasteiger partial charge in [0.2, 0.25) is 0 Å². The van der Waals surface area contributed by atoms with Crippen LogP contribution in [0.1, 0.15) is 22.7 Å². The number of aromatic amines is 1. The minimum absolute atomic E-state index is 0.0992. The Kier molecular flexibility index (Phi) is 3.93. The highest BCUT2D eigenvalue weighted by molar-refractivity contribution is 5.94. The van der Waals surface area contributed by atoms with Crippen molar-refractivity contribution in [1.29, 1.82) is 0 Å². The third kappa shape index (κ3) is 3.10.